The third-order valence-corrected chi connectivity index (χ3v) is 5.62. The van der Waals surface area contributed by atoms with Crippen LogP contribution in [-0.4, -0.2) is 25.9 Å². The molecular weight excluding hydrogens is 431 g/mol. The van der Waals surface area contributed by atoms with Crippen molar-refractivity contribution >= 4 is 17.7 Å². The predicted octanol–water partition coefficient (Wildman–Crippen LogP) is 4.38. The molecule has 0 aliphatic heterocycles. The van der Waals surface area contributed by atoms with E-state index in [2.05, 4.69) is 15.5 Å². The van der Waals surface area contributed by atoms with E-state index in [1.54, 1.807) is 43.5 Å². The number of thioether (sulfide) groups is 1. The van der Waals surface area contributed by atoms with E-state index in [-0.39, 0.29) is 18.3 Å². The first-order valence-electron chi connectivity index (χ1n) is 9.95. The Bertz CT molecular complexity index is 1170. The van der Waals surface area contributed by atoms with Gasteiger partial charge in [0.25, 0.3) is 0 Å². The first-order chi connectivity index (χ1) is 15.6. The standard InChI is InChI=1S/C23H21FN4O3S/c1-16(22(29)25-14-18-10-7-13-30-18)32-23-27-26-21(28(23)17-8-3-2-4-9-17)15-31-20-12-6-5-11-19(20)24/h2-13,16H,14-15H2,1H3,(H,25,29)/t16-/m1/s1. The van der Waals surface area contributed by atoms with Crippen molar-refractivity contribution in [1.82, 2.24) is 20.1 Å². The van der Waals surface area contributed by atoms with Crippen LogP contribution in [0.2, 0.25) is 0 Å². The van der Waals surface area contributed by atoms with E-state index in [0.29, 0.717) is 23.3 Å². The molecule has 2 heterocycles. The number of para-hydroxylation sites is 2. The molecule has 2 aromatic heterocycles. The number of furan rings is 1. The monoisotopic (exact) mass is 452 g/mol. The van der Waals surface area contributed by atoms with Gasteiger partial charge in [-0.25, -0.2) is 4.39 Å². The molecule has 4 rings (SSSR count). The fourth-order valence-corrected chi connectivity index (χ4v) is 3.86. The van der Waals surface area contributed by atoms with E-state index in [1.165, 1.54) is 17.8 Å². The van der Waals surface area contributed by atoms with Crippen LogP contribution in [0.15, 0.2) is 82.6 Å². The molecule has 0 spiro atoms. The number of hydrogen-bond acceptors (Lipinski definition) is 6. The lowest BCUT2D eigenvalue weighted by Crippen LogP contribution is -2.30. The van der Waals surface area contributed by atoms with Crippen LogP contribution in [0.3, 0.4) is 0 Å². The van der Waals surface area contributed by atoms with Crippen molar-refractivity contribution in [3.05, 3.63) is 90.4 Å². The lowest BCUT2D eigenvalue weighted by Gasteiger charge is -2.14. The van der Waals surface area contributed by atoms with Crippen LogP contribution in [0.25, 0.3) is 5.69 Å². The Hall–Kier alpha value is -3.59. The Morgan fingerprint density at radius 2 is 1.91 bits per heavy atom. The summed E-state index contributed by atoms with van der Waals surface area (Å²) in [7, 11) is 0. The van der Waals surface area contributed by atoms with Gasteiger partial charge in [-0.05, 0) is 43.3 Å². The van der Waals surface area contributed by atoms with E-state index in [0.717, 1.165) is 5.69 Å². The van der Waals surface area contributed by atoms with Gasteiger partial charge in [0.15, 0.2) is 22.5 Å². The second-order valence-electron chi connectivity index (χ2n) is 6.85. The lowest BCUT2D eigenvalue weighted by molar-refractivity contribution is -0.120. The van der Waals surface area contributed by atoms with Gasteiger partial charge in [-0.15, -0.1) is 10.2 Å². The van der Waals surface area contributed by atoms with E-state index in [1.807, 2.05) is 34.9 Å². The average molecular weight is 453 g/mol. The quantitative estimate of drug-likeness (QED) is 0.380. The summed E-state index contributed by atoms with van der Waals surface area (Å²) in [6.07, 6.45) is 1.56. The molecule has 7 nitrogen and oxygen atoms in total. The highest BCUT2D eigenvalue weighted by Gasteiger charge is 2.21. The van der Waals surface area contributed by atoms with E-state index in [4.69, 9.17) is 9.15 Å². The second-order valence-corrected chi connectivity index (χ2v) is 8.15. The summed E-state index contributed by atoms with van der Waals surface area (Å²) >= 11 is 1.27. The zero-order valence-electron chi connectivity index (χ0n) is 17.3. The van der Waals surface area contributed by atoms with Crippen molar-refractivity contribution in [2.24, 2.45) is 0 Å². The van der Waals surface area contributed by atoms with E-state index < -0.39 is 11.1 Å². The maximum atomic E-state index is 13.9. The third-order valence-electron chi connectivity index (χ3n) is 4.58. The molecule has 0 saturated heterocycles. The fraction of sp³-hybridized carbons (Fsp3) is 0.174. The zero-order chi connectivity index (χ0) is 22.3. The van der Waals surface area contributed by atoms with Crippen LogP contribution in [0.4, 0.5) is 4.39 Å². The Morgan fingerprint density at radius 3 is 2.66 bits per heavy atom. The van der Waals surface area contributed by atoms with Crippen molar-refractivity contribution in [2.75, 3.05) is 0 Å². The molecule has 32 heavy (non-hydrogen) atoms. The van der Waals surface area contributed by atoms with Crippen molar-refractivity contribution in [2.45, 2.75) is 30.5 Å². The molecule has 0 unspecified atom stereocenters. The summed E-state index contributed by atoms with van der Waals surface area (Å²) in [5, 5.41) is 11.4. The number of benzene rings is 2. The van der Waals surface area contributed by atoms with Gasteiger partial charge in [0.05, 0.1) is 18.1 Å². The van der Waals surface area contributed by atoms with Gasteiger partial charge in [-0.2, -0.15) is 0 Å². The summed E-state index contributed by atoms with van der Waals surface area (Å²) < 4.78 is 26.6. The molecule has 0 aliphatic carbocycles. The molecular formula is C23H21FN4O3S. The summed E-state index contributed by atoms with van der Waals surface area (Å²) in [4.78, 5) is 12.5. The van der Waals surface area contributed by atoms with Gasteiger partial charge in [0, 0.05) is 5.69 Å². The molecule has 0 aliphatic rings. The number of carbonyl (C=O) groups is 1. The first-order valence-corrected chi connectivity index (χ1v) is 10.8. The van der Waals surface area contributed by atoms with E-state index in [9.17, 15) is 9.18 Å². The molecule has 0 bridgehead atoms. The number of ether oxygens (including phenoxy) is 1. The smallest absolute Gasteiger partial charge is 0.233 e. The minimum Gasteiger partial charge on any atom is -0.483 e. The number of nitrogens with zero attached hydrogens (tertiary/aromatic N) is 3. The molecule has 0 saturated carbocycles. The number of nitrogens with one attached hydrogen (secondary N) is 1. The summed E-state index contributed by atoms with van der Waals surface area (Å²) in [5.41, 5.74) is 0.815. The molecule has 0 fully saturated rings. The van der Waals surface area contributed by atoms with Crippen molar-refractivity contribution in [1.29, 1.82) is 0 Å². The topological polar surface area (TPSA) is 82.2 Å². The zero-order valence-corrected chi connectivity index (χ0v) is 18.1. The molecule has 1 amide bonds. The highest BCUT2D eigenvalue weighted by atomic mass is 32.2. The second kappa shape index (κ2) is 10.1. The Morgan fingerprint density at radius 1 is 1.12 bits per heavy atom. The first kappa shape index (κ1) is 21.6. The lowest BCUT2D eigenvalue weighted by atomic mass is 10.3. The fourth-order valence-electron chi connectivity index (χ4n) is 2.95. The highest BCUT2D eigenvalue weighted by Crippen LogP contribution is 2.27. The van der Waals surface area contributed by atoms with Crippen LogP contribution >= 0.6 is 11.8 Å². The van der Waals surface area contributed by atoms with Gasteiger partial charge in [-0.3, -0.25) is 9.36 Å². The van der Waals surface area contributed by atoms with Crippen molar-refractivity contribution in [3.8, 4) is 11.4 Å². The summed E-state index contributed by atoms with van der Waals surface area (Å²) in [6, 6.07) is 19.3. The van der Waals surface area contributed by atoms with E-state index >= 15 is 0 Å². The summed E-state index contributed by atoms with van der Waals surface area (Å²) in [6.45, 7) is 2.12. The Labute approximate surface area is 188 Å². The summed E-state index contributed by atoms with van der Waals surface area (Å²) in [5.74, 6) is 0.698. The molecule has 1 N–H and O–H groups in total. The largest absolute Gasteiger partial charge is 0.483 e. The van der Waals surface area contributed by atoms with Gasteiger partial charge in [0.2, 0.25) is 5.91 Å². The number of amides is 1. The molecule has 4 aromatic rings. The Balaban J connectivity index is 1.51. The number of aromatic nitrogens is 3. The Kier molecular flexibility index (Phi) is 6.86. The van der Waals surface area contributed by atoms with Gasteiger partial charge in [-0.1, -0.05) is 42.1 Å². The number of carbonyl (C=O) groups excluding carboxylic acids is 1. The molecule has 164 valence electrons. The maximum Gasteiger partial charge on any atom is 0.233 e. The van der Waals surface area contributed by atoms with Crippen molar-refractivity contribution in [3.63, 3.8) is 0 Å². The normalized spacial score (nSPS) is 11.8. The van der Waals surface area contributed by atoms with Crippen molar-refractivity contribution < 1.29 is 18.3 Å². The molecule has 1 atom stereocenters. The minimum absolute atomic E-state index is 0.0163. The molecule has 2 aromatic carbocycles. The predicted molar refractivity (Wildman–Crippen MR) is 118 cm³/mol. The number of rotatable bonds is 9. The minimum atomic E-state index is -0.449. The van der Waals surface area contributed by atoms with Gasteiger partial charge < -0.3 is 14.5 Å². The molecule has 9 heteroatoms. The SMILES string of the molecule is C[C@@H](Sc1nnc(COc2ccccc2F)n1-c1ccccc1)C(=O)NCc1ccco1. The van der Waals surface area contributed by atoms with Crippen LogP contribution in [-0.2, 0) is 17.9 Å². The average Bonchev–Trinajstić information content (AvgIpc) is 3.47. The van der Waals surface area contributed by atoms with Gasteiger partial charge >= 0.3 is 0 Å². The van der Waals surface area contributed by atoms with Crippen LogP contribution in [0, 0.1) is 5.82 Å². The molecule has 0 radical (unpaired) electrons. The maximum absolute atomic E-state index is 13.9. The highest BCUT2D eigenvalue weighted by molar-refractivity contribution is 8.00. The number of halogens is 1. The third kappa shape index (κ3) is 5.17. The van der Waals surface area contributed by atoms with Crippen LogP contribution in [0.5, 0.6) is 5.75 Å². The van der Waals surface area contributed by atoms with Crippen LogP contribution in [0.1, 0.15) is 18.5 Å². The number of hydrogen-bond donors (Lipinski definition) is 1. The van der Waals surface area contributed by atoms with Gasteiger partial charge in [0.1, 0.15) is 12.4 Å². The van der Waals surface area contributed by atoms with Crippen LogP contribution < -0.4 is 10.1 Å².